The van der Waals surface area contributed by atoms with Crippen LogP contribution in [0.2, 0.25) is 0 Å². The number of piperidine rings is 1. The van der Waals surface area contributed by atoms with Crippen LogP contribution in [0.1, 0.15) is 31.9 Å². The molecule has 2 aliphatic rings. The van der Waals surface area contributed by atoms with Crippen LogP contribution < -0.4 is 5.32 Å². The van der Waals surface area contributed by atoms with Crippen LogP contribution >= 0.6 is 0 Å². The van der Waals surface area contributed by atoms with E-state index in [0.29, 0.717) is 25.6 Å². The normalized spacial score (nSPS) is 20.0. The summed E-state index contributed by atoms with van der Waals surface area (Å²) in [7, 11) is 2.02. The Bertz CT molecular complexity index is 1150. The van der Waals surface area contributed by atoms with Crippen molar-refractivity contribution >= 4 is 22.5 Å². The molecule has 1 N–H and O–H groups in total. The van der Waals surface area contributed by atoms with Crippen molar-refractivity contribution in [3.05, 3.63) is 42.4 Å². The van der Waals surface area contributed by atoms with E-state index in [1.807, 2.05) is 30.2 Å². The first-order valence-electron chi connectivity index (χ1n) is 12.3. The van der Waals surface area contributed by atoms with Gasteiger partial charge in [-0.25, -0.2) is 4.98 Å². The van der Waals surface area contributed by atoms with Crippen molar-refractivity contribution in [2.45, 2.75) is 38.8 Å². The minimum atomic E-state index is -0.0483. The van der Waals surface area contributed by atoms with Gasteiger partial charge in [-0.15, -0.1) is 0 Å². The van der Waals surface area contributed by atoms with Crippen molar-refractivity contribution in [1.29, 1.82) is 0 Å². The van der Waals surface area contributed by atoms with Crippen molar-refractivity contribution in [2.24, 2.45) is 7.05 Å². The molecule has 0 unspecified atom stereocenters. The van der Waals surface area contributed by atoms with Gasteiger partial charge in [0.05, 0.1) is 31.6 Å². The van der Waals surface area contributed by atoms with Gasteiger partial charge in [0.25, 0.3) is 0 Å². The first kappa shape index (κ1) is 23.0. The number of hydrogen-bond donors (Lipinski definition) is 1. The molecule has 0 bridgehead atoms. The highest BCUT2D eigenvalue weighted by molar-refractivity contribution is 5.95. The van der Waals surface area contributed by atoms with Gasteiger partial charge in [0, 0.05) is 43.3 Å². The van der Waals surface area contributed by atoms with Crippen LogP contribution in [0.3, 0.4) is 0 Å². The second-order valence-electron chi connectivity index (χ2n) is 9.54. The van der Waals surface area contributed by atoms with Crippen LogP contribution in [-0.4, -0.2) is 75.9 Å². The average Bonchev–Trinajstić information content (AvgIpc) is 3.20. The van der Waals surface area contributed by atoms with Gasteiger partial charge >= 0.3 is 0 Å². The van der Waals surface area contributed by atoms with Gasteiger partial charge in [-0.1, -0.05) is 18.6 Å². The average molecular weight is 463 g/mol. The van der Waals surface area contributed by atoms with Gasteiger partial charge in [0.2, 0.25) is 5.91 Å². The highest BCUT2D eigenvalue weighted by Crippen LogP contribution is 2.29. The molecular weight excluding hydrogens is 428 g/mol. The molecule has 1 aromatic carbocycles. The van der Waals surface area contributed by atoms with Gasteiger partial charge < -0.3 is 10.1 Å². The number of carbonyl (C=O) groups is 1. The van der Waals surface area contributed by atoms with Gasteiger partial charge in [-0.3, -0.25) is 19.3 Å². The lowest BCUT2D eigenvalue weighted by Crippen LogP contribution is -2.47. The molecule has 3 aromatic rings. The molecule has 2 aromatic heterocycles. The van der Waals surface area contributed by atoms with Crippen molar-refractivity contribution < 1.29 is 9.53 Å². The molecule has 0 spiro atoms. The smallest absolute Gasteiger partial charge is 0.239 e. The lowest BCUT2D eigenvalue weighted by molar-refractivity contribution is -0.119. The van der Waals surface area contributed by atoms with E-state index in [0.717, 1.165) is 42.5 Å². The second kappa shape index (κ2) is 10.2. The molecule has 5 rings (SSSR count). The summed E-state index contributed by atoms with van der Waals surface area (Å²) in [5.41, 5.74) is 3.54. The van der Waals surface area contributed by atoms with Gasteiger partial charge in [0.1, 0.15) is 5.82 Å². The summed E-state index contributed by atoms with van der Waals surface area (Å²) in [6.07, 6.45) is 7.67. The van der Waals surface area contributed by atoms with E-state index >= 15 is 0 Å². The SMILES string of the molecule is C[C@@H]1COCCN1CC(=O)Nc1cc2cc(-c3cnn(C)c3CN3CCCCC3)ccc2cn1. The van der Waals surface area contributed by atoms with Crippen LogP contribution in [-0.2, 0) is 23.1 Å². The Labute approximate surface area is 200 Å². The van der Waals surface area contributed by atoms with E-state index in [4.69, 9.17) is 4.74 Å². The maximum atomic E-state index is 12.6. The quantitative estimate of drug-likeness (QED) is 0.606. The third-order valence-electron chi connectivity index (χ3n) is 7.04. The lowest BCUT2D eigenvalue weighted by atomic mass is 10.0. The molecule has 8 nitrogen and oxygen atoms in total. The molecule has 1 atom stereocenters. The first-order valence-corrected chi connectivity index (χ1v) is 12.3. The Morgan fingerprint density at radius 3 is 2.79 bits per heavy atom. The van der Waals surface area contributed by atoms with Gasteiger partial charge in [0.15, 0.2) is 0 Å². The number of amides is 1. The minimum Gasteiger partial charge on any atom is -0.379 e. The molecule has 2 saturated heterocycles. The molecule has 0 radical (unpaired) electrons. The number of pyridine rings is 1. The molecule has 0 saturated carbocycles. The molecule has 2 aliphatic heterocycles. The van der Waals surface area contributed by atoms with Crippen molar-refractivity contribution in [1.82, 2.24) is 24.6 Å². The van der Waals surface area contributed by atoms with E-state index in [1.54, 1.807) is 0 Å². The van der Waals surface area contributed by atoms with E-state index in [1.165, 1.54) is 30.5 Å². The molecule has 4 heterocycles. The summed E-state index contributed by atoms with van der Waals surface area (Å²) in [6, 6.07) is 8.60. The number of nitrogens with zero attached hydrogens (tertiary/aromatic N) is 5. The molecular formula is C26H34N6O2. The van der Waals surface area contributed by atoms with E-state index in [9.17, 15) is 4.79 Å². The Morgan fingerprint density at radius 1 is 1.12 bits per heavy atom. The number of likely N-dealkylation sites (tertiary alicyclic amines) is 1. The molecule has 1 amide bonds. The Kier molecular flexibility index (Phi) is 6.89. The fraction of sp³-hybridized carbons (Fsp3) is 0.500. The number of rotatable bonds is 6. The second-order valence-corrected chi connectivity index (χ2v) is 9.54. The predicted octanol–water partition coefficient (Wildman–Crippen LogP) is 3.28. The monoisotopic (exact) mass is 462 g/mol. The summed E-state index contributed by atoms with van der Waals surface area (Å²) in [6.45, 7) is 7.76. The zero-order chi connectivity index (χ0) is 23.5. The predicted molar refractivity (Wildman–Crippen MR) is 134 cm³/mol. The number of hydrogen-bond acceptors (Lipinski definition) is 6. The third kappa shape index (κ3) is 5.14. The van der Waals surface area contributed by atoms with Crippen LogP contribution in [0.4, 0.5) is 5.82 Å². The number of benzene rings is 1. The number of aromatic nitrogens is 3. The number of nitrogens with one attached hydrogen (secondary N) is 1. The molecule has 34 heavy (non-hydrogen) atoms. The van der Waals surface area contributed by atoms with Crippen molar-refractivity contribution in [3.63, 3.8) is 0 Å². The Morgan fingerprint density at radius 2 is 1.97 bits per heavy atom. The Hall–Kier alpha value is -2.81. The zero-order valence-corrected chi connectivity index (χ0v) is 20.2. The number of aryl methyl sites for hydroxylation is 1. The van der Waals surface area contributed by atoms with E-state index < -0.39 is 0 Å². The fourth-order valence-corrected chi connectivity index (χ4v) is 4.96. The molecule has 8 heteroatoms. The number of anilines is 1. The van der Waals surface area contributed by atoms with Crippen LogP contribution in [0, 0.1) is 0 Å². The summed E-state index contributed by atoms with van der Waals surface area (Å²) < 4.78 is 7.46. The Balaban J connectivity index is 1.34. The third-order valence-corrected chi connectivity index (χ3v) is 7.04. The van der Waals surface area contributed by atoms with Crippen LogP contribution in [0.25, 0.3) is 21.9 Å². The van der Waals surface area contributed by atoms with E-state index in [-0.39, 0.29) is 11.9 Å². The number of ether oxygens (including phenoxy) is 1. The highest BCUT2D eigenvalue weighted by atomic mass is 16.5. The topological polar surface area (TPSA) is 75.5 Å². The largest absolute Gasteiger partial charge is 0.379 e. The van der Waals surface area contributed by atoms with Crippen molar-refractivity contribution in [3.8, 4) is 11.1 Å². The maximum Gasteiger partial charge on any atom is 0.239 e. The van der Waals surface area contributed by atoms with Gasteiger partial charge in [-0.05, 0) is 55.9 Å². The van der Waals surface area contributed by atoms with Crippen LogP contribution in [0.5, 0.6) is 0 Å². The molecule has 0 aliphatic carbocycles. The standard InChI is InChI=1S/C26H34N6O2/c1-19-18-34-11-10-32(19)17-26(33)29-25-13-22-12-20(6-7-21(22)14-27-25)23-15-28-30(2)24(23)16-31-8-4-3-5-9-31/h6-7,12-15,19H,3-5,8-11,16-18H2,1-2H3,(H,27,29,33)/t19-/m1/s1. The first-order chi connectivity index (χ1) is 16.6. The van der Waals surface area contributed by atoms with Gasteiger partial charge in [-0.2, -0.15) is 5.10 Å². The highest BCUT2D eigenvalue weighted by Gasteiger charge is 2.21. The molecule has 2 fully saturated rings. The maximum absolute atomic E-state index is 12.6. The zero-order valence-electron chi connectivity index (χ0n) is 20.2. The summed E-state index contributed by atoms with van der Waals surface area (Å²) in [5.74, 6) is 0.531. The fourth-order valence-electron chi connectivity index (χ4n) is 4.96. The lowest BCUT2D eigenvalue weighted by Gasteiger charge is -2.32. The van der Waals surface area contributed by atoms with Crippen molar-refractivity contribution in [2.75, 3.05) is 44.7 Å². The number of fused-ring (bicyclic) bond motifs is 1. The summed E-state index contributed by atoms with van der Waals surface area (Å²) >= 11 is 0. The van der Waals surface area contributed by atoms with E-state index in [2.05, 4.69) is 50.3 Å². The molecule has 180 valence electrons. The van der Waals surface area contributed by atoms with Crippen LogP contribution in [0.15, 0.2) is 36.7 Å². The number of carbonyl (C=O) groups excluding carboxylic acids is 1. The number of morpholine rings is 1. The summed E-state index contributed by atoms with van der Waals surface area (Å²) in [5, 5.41) is 9.64. The summed E-state index contributed by atoms with van der Waals surface area (Å²) in [4.78, 5) is 21.8. The minimum absolute atomic E-state index is 0.0483.